The molecule has 0 spiro atoms. The lowest BCUT2D eigenvalue weighted by molar-refractivity contribution is 0.148. The Bertz CT molecular complexity index is 923. The van der Waals surface area contributed by atoms with Crippen molar-refractivity contribution in [1.82, 2.24) is 15.3 Å². The Morgan fingerprint density at radius 3 is 2.43 bits per heavy atom. The summed E-state index contributed by atoms with van der Waals surface area (Å²) in [5.74, 6) is -0.245. The van der Waals surface area contributed by atoms with E-state index in [2.05, 4.69) is 20.6 Å². The van der Waals surface area contributed by atoms with Crippen LogP contribution in [0.5, 0.6) is 5.75 Å². The SMILES string of the molecule is COc1cccc(CNC[C@@H](O)[C@H](Cc2cc(F)cc(F)c2)Nc2ncccn2)c1. The minimum atomic E-state index is -0.870. The molecule has 0 aliphatic carbocycles. The lowest BCUT2D eigenvalue weighted by Crippen LogP contribution is -2.42. The van der Waals surface area contributed by atoms with E-state index < -0.39 is 23.8 Å². The molecule has 3 aromatic rings. The molecule has 3 rings (SSSR count). The maximum Gasteiger partial charge on any atom is 0.222 e. The number of nitrogens with one attached hydrogen (secondary N) is 2. The first-order chi connectivity index (χ1) is 14.5. The molecule has 0 bridgehead atoms. The number of aromatic nitrogens is 2. The number of methoxy groups -OCH3 is 1. The van der Waals surface area contributed by atoms with Crippen molar-refractivity contribution in [2.45, 2.75) is 25.1 Å². The van der Waals surface area contributed by atoms with E-state index in [9.17, 15) is 13.9 Å². The van der Waals surface area contributed by atoms with Gasteiger partial charge in [0.1, 0.15) is 17.4 Å². The lowest BCUT2D eigenvalue weighted by atomic mass is 10.0. The van der Waals surface area contributed by atoms with Gasteiger partial charge in [-0.05, 0) is 47.9 Å². The summed E-state index contributed by atoms with van der Waals surface area (Å²) in [7, 11) is 1.60. The third-order valence-corrected chi connectivity index (χ3v) is 4.54. The molecule has 30 heavy (non-hydrogen) atoms. The fraction of sp³-hybridized carbons (Fsp3) is 0.273. The van der Waals surface area contributed by atoms with Gasteiger partial charge in [-0.15, -0.1) is 0 Å². The number of anilines is 1. The van der Waals surface area contributed by atoms with Gasteiger partial charge in [-0.25, -0.2) is 18.7 Å². The van der Waals surface area contributed by atoms with Gasteiger partial charge in [0.05, 0.1) is 19.3 Å². The summed E-state index contributed by atoms with van der Waals surface area (Å²) < 4.78 is 32.4. The van der Waals surface area contributed by atoms with Crippen LogP contribution in [0.1, 0.15) is 11.1 Å². The van der Waals surface area contributed by atoms with Gasteiger partial charge in [0, 0.05) is 31.5 Å². The zero-order valence-corrected chi connectivity index (χ0v) is 16.6. The highest BCUT2D eigenvalue weighted by Crippen LogP contribution is 2.15. The van der Waals surface area contributed by atoms with Gasteiger partial charge in [-0.2, -0.15) is 0 Å². The molecule has 8 heteroatoms. The lowest BCUT2D eigenvalue weighted by Gasteiger charge is -2.25. The second-order valence-corrected chi connectivity index (χ2v) is 6.85. The maximum atomic E-state index is 13.6. The third kappa shape index (κ3) is 6.47. The van der Waals surface area contributed by atoms with Crippen molar-refractivity contribution in [3.63, 3.8) is 0 Å². The zero-order valence-electron chi connectivity index (χ0n) is 16.6. The number of aliphatic hydroxyl groups excluding tert-OH is 1. The Morgan fingerprint density at radius 2 is 1.73 bits per heavy atom. The average molecular weight is 414 g/mol. The monoisotopic (exact) mass is 414 g/mol. The van der Waals surface area contributed by atoms with Crippen LogP contribution in [-0.2, 0) is 13.0 Å². The van der Waals surface area contributed by atoms with Crippen molar-refractivity contribution >= 4 is 5.95 Å². The smallest absolute Gasteiger partial charge is 0.222 e. The number of halogens is 2. The van der Waals surface area contributed by atoms with Crippen LogP contribution < -0.4 is 15.4 Å². The molecule has 0 aliphatic heterocycles. The first-order valence-electron chi connectivity index (χ1n) is 9.53. The van der Waals surface area contributed by atoms with Crippen LogP contribution in [0, 0.1) is 11.6 Å². The average Bonchev–Trinajstić information content (AvgIpc) is 2.73. The minimum Gasteiger partial charge on any atom is -0.497 e. The molecule has 0 saturated heterocycles. The van der Waals surface area contributed by atoms with Crippen molar-refractivity contribution in [2.75, 3.05) is 19.0 Å². The van der Waals surface area contributed by atoms with Crippen molar-refractivity contribution in [2.24, 2.45) is 0 Å². The first kappa shape index (κ1) is 21.6. The van der Waals surface area contributed by atoms with Crippen LogP contribution in [0.25, 0.3) is 0 Å². The van der Waals surface area contributed by atoms with Crippen LogP contribution in [0.15, 0.2) is 60.9 Å². The minimum absolute atomic E-state index is 0.189. The van der Waals surface area contributed by atoms with E-state index in [4.69, 9.17) is 4.74 Å². The Kier molecular flexibility index (Phi) is 7.64. The largest absolute Gasteiger partial charge is 0.497 e. The molecule has 0 aliphatic rings. The van der Waals surface area contributed by atoms with Gasteiger partial charge >= 0.3 is 0 Å². The van der Waals surface area contributed by atoms with Crippen LogP contribution in [0.3, 0.4) is 0 Å². The molecule has 2 aromatic carbocycles. The van der Waals surface area contributed by atoms with Gasteiger partial charge in [0.25, 0.3) is 0 Å². The number of ether oxygens (including phenoxy) is 1. The number of benzene rings is 2. The Morgan fingerprint density at radius 1 is 1.00 bits per heavy atom. The van der Waals surface area contributed by atoms with E-state index in [1.54, 1.807) is 25.6 Å². The van der Waals surface area contributed by atoms with Crippen LogP contribution in [0.4, 0.5) is 14.7 Å². The van der Waals surface area contributed by atoms with Gasteiger partial charge in [-0.3, -0.25) is 0 Å². The van der Waals surface area contributed by atoms with Gasteiger partial charge < -0.3 is 20.5 Å². The summed E-state index contributed by atoms with van der Waals surface area (Å²) in [6.45, 7) is 0.775. The standard InChI is InChI=1S/C22H24F2N4O2/c1-30-19-5-2-4-15(10-19)13-25-14-21(29)20(28-22-26-6-3-7-27-22)11-16-8-17(23)12-18(24)9-16/h2-10,12,20-21,25,29H,11,13-14H2,1H3,(H,26,27,28)/t20-,21+/m0/s1. The number of nitrogens with zero attached hydrogens (tertiary/aromatic N) is 2. The molecule has 0 fully saturated rings. The molecule has 2 atom stereocenters. The molecular formula is C22H24F2N4O2. The highest BCUT2D eigenvalue weighted by Gasteiger charge is 2.21. The molecule has 1 aromatic heterocycles. The summed E-state index contributed by atoms with van der Waals surface area (Å²) in [5, 5.41) is 17.0. The van der Waals surface area contributed by atoms with Crippen LogP contribution >= 0.6 is 0 Å². The summed E-state index contributed by atoms with van der Waals surface area (Å²) in [4.78, 5) is 8.22. The highest BCUT2D eigenvalue weighted by molar-refractivity contribution is 5.29. The van der Waals surface area contributed by atoms with Crippen LogP contribution in [-0.4, -0.2) is 40.9 Å². The van der Waals surface area contributed by atoms with E-state index in [1.807, 2.05) is 24.3 Å². The second-order valence-electron chi connectivity index (χ2n) is 6.85. The fourth-order valence-corrected chi connectivity index (χ4v) is 3.09. The number of hydrogen-bond donors (Lipinski definition) is 3. The number of aliphatic hydroxyl groups is 1. The summed E-state index contributed by atoms with van der Waals surface area (Å²) in [5.41, 5.74) is 1.43. The van der Waals surface area contributed by atoms with Gasteiger partial charge in [0.15, 0.2) is 0 Å². The van der Waals surface area contributed by atoms with Crippen molar-refractivity contribution in [3.05, 3.63) is 83.7 Å². The summed E-state index contributed by atoms with van der Waals surface area (Å²) in [6, 6.07) is 12.0. The summed E-state index contributed by atoms with van der Waals surface area (Å²) in [6.07, 6.45) is 2.46. The number of hydrogen-bond acceptors (Lipinski definition) is 6. The molecule has 0 radical (unpaired) electrons. The van der Waals surface area contributed by atoms with E-state index >= 15 is 0 Å². The van der Waals surface area contributed by atoms with E-state index in [0.29, 0.717) is 18.1 Å². The molecule has 1 heterocycles. The molecule has 0 unspecified atom stereocenters. The predicted molar refractivity (Wildman–Crippen MR) is 110 cm³/mol. The summed E-state index contributed by atoms with van der Waals surface area (Å²) >= 11 is 0. The normalized spacial score (nSPS) is 12.9. The Hall–Kier alpha value is -3.10. The predicted octanol–water partition coefficient (Wildman–Crippen LogP) is 2.94. The van der Waals surface area contributed by atoms with E-state index in [-0.39, 0.29) is 13.0 Å². The third-order valence-electron chi connectivity index (χ3n) is 4.54. The molecule has 0 amide bonds. The van der Waals surface area contributed by atoms with Crippen molar-refractivity contribution < 1.29 is 18.6 Å². The molecule has 3 N–H and O–H groups in total. The molecular weight excluding hydrogens is 390 g/mol. The fourth-order valence-electron chi connectivity index (χ4n) is 3.09. The van der Waals surface area contributed by atoms with E-state index in [0.717, 1.165) is 17.4 Å². The maximum absolute atomic E-state index is 13.6. The zero-order chi connectivity index (χ0) is 21.3. The molecule has 6 nitrogen and oxygen atoms in total. The number of rotatable bonds is 10. The molecule has 0 saturated carbocycles. The highest BCUT2D eigenvalue weighted by atomic mass is 19.1. The van der Waals surface area contributed by atoms with Crippen LogP contribution in [0.2, 0.25) is 0 Å². The van der Waals surface area contributed by atoms with Gasteiger partial charge in [0.2, 0.25) is 5.95 Å². The topological polar surface area (TPSA) is 79.3 Å². The van der Waals surface area contributed by atoms with Crippen molar-refractivity contribution in [3.8, 4) is 5.75 Å². The van der Waals surface area contributed by atoms with E-state index in [1.165, 1.54) is 12.1 Å². The Labute approximate surface area is 174 Å². The van der Waals surface area contributed by atoms with Gasteiger partial charge in [-0.1, -0.05) is 12.1 Å². The molecule has 158 valence electrons. The Balaban J connectivity index is 1.66. The van der Waals surface area contributed by atoms with Crippen molar-refractivity contribution in [1.29, 1.82) is 0 Å². The quantitative estimate of drug-likeness (QED) is 0.474. The first-order valence-corrected chi connectivity index (χ1v) is 9.53. The second kappa shape index (κ2) is 10.6.